The van der Waals surface area contributed by atoms with E-state index in [0.29, 0.717) is 11.0 Å². The molecule has 8 nitrogen and oxygen atoms in total. The first kappa shape index (κ1) is 26.6. The van der Waals surface area contributed by atoms with Crippen molar-refractivity contribution in [2.24, 2.45) is 0 Å². The Labute approximate surface area is 229 Å². The minimum atomic E-state index is -4.28. The number of halogens is 3. The van der Waals surface area contributed by atoms with Crippen LogP contribution < -0.4 is 9.62 Å². The predicted octanol–water partition coefficient (Wildman–Crippen LogP) is 4.67. The van der Waals surface area contributed by atoms with E-state index in [0.717, 1.165) is 47.0 Å². The second-order valence-corrected chi connectivity index (χ2v) is 12.0. The van der Waals surface area contributed by atoms with E-state index in [2.05, 4.69) is 38.8 Å². The maximum absolute atomic E-state index is 15.6. The molecular weight excluding hydrogens is 543 g/mol. The number of anilines is 2. The molecule has 0 bridgehead atoms. The lowest BCUT2D eigenvalue weighted by Gasteiger charge is -2.27. The molecule has 0 amide bonds. The third-order valence-corrected chi connectivity index (χ3v) is 9.18. The average Bonchev–Trinajstić information content (AvgIpc) is 3.57. The van der Waals surface area contributed by atoms with Gasteiger partial charge in [-0.2, -0.15) is 12.7 Å². The number of fused-ring (bicyclic) bond motifs is 2. The van der Waals surface area contributed by atoms with Crippen LogP contribution in [0.4, 0.5) is 24.5 Å². The van der Waals surface area contributed by atoms with Crippen molar-refractivity contribution in [3.8, 4) is 11.1 Å². The lowest BCUT2D eigenvalue weighted by atomic mass is 9.95. The number of aromatic amines is 1. The summed E-state index contributed by atoms with van der Waals surface area (Å²) in [6, 6.07) is 9.78. The Morgan fingerprint density at radius 1 is 1.15 bits per heavy atom. The van der Waals surface area contributed by atoms with Gasteiger partial charge in [0, 0.05) is 61.3 Å². The van der Waals surface area contributed by atoms with Crippen LogP contribution in [0.15, 0.2) is 48.8 Å². The van der Waals surface area contributed by atoms with Gasteiger partial charge in [-0.1, -0.05) is 6.07 Å². The highest BCUT2D eigenvalue weighted by Gasteiger charge is 2.33. The van der Waals surface area contributed by atoms with Crippen molar-refractivity contribution in [3.05, 3.63) is 77.1 Å². The highest BCUT2D eigenvalue weighted by Crippen LogP contribution is 2.37. The van der Waals surface area contributed by atoms with Gasteiger partial charge in [0.15, 0.2) is 5.82 Å². The molecule has 2 aromatic carbocycles. The number of aliphatic hydroxyl groups is 1. The molecule has 1 fully saturated rings. The molecule has 0 saturated carbocycles. The minimum Gasteiger partial charge on any atom is -0.383 e. The summed E-state index contributed by atoms with van der Waals surface area (Å²) in [6.07, 6.45) is 2.09. The first-order valence-electron chi connectivity index (χ1n) is 13.0. The van der Waals surface area contributed by atoms with Gasteiger partial charge in [-0.25, -0.2) is 18.2 Å². The van der Waals surface area contributed by atoms with Gasteiger partial charge in [0.05, 0.1) is 11.3 Å². The number of hydrogen-bond donors (Lipinski definition) is 3. The second kappa shape index (κ2) is 10.1. The van der Waals surface area contributed by atoms with Gasteiger partial charge in [-0.3, -0.25) is 4.72 Å². The number of rotatable bonds is 6. The number of alkyl halides is 1. The molecule has 2 aliphatic heterocycles. The molecule has 4 aromatic rings. The summed E-state index contributed by atoms with van der Waals surface area (Å²) in [5, 5.41) is 11.7. The average molecular weight is 572 g/mol. The Morgan fingerprint density at radius 2 is 1.98 bits per heavy atom. The molecule has 0 aliphatic carbocycles. The SMILES string of the molecule is CN1CCCc2cc(-c3cnc4[nH]cc(C(O)c5c(F)ccc(NS(=O)(=O)N6CC[C@@H](F)C6)c5F)c4c3)ccc21. The van der Waals surface area contributed by atoms with Crippen LogP contribution in [0.5, 0.6) is 0 Å². The number of aromatic nitrogens is 2. The van der Waals surface area contributed by atoms with Crippen LogP contribution in [0.3, 0.4) is 0 Å². The number of pyridine rings is 1. The van der Waals surface area contributed by atoms with Crippen LogP contribution in [0.1, 0.15) is 35.6 Å². The summed E-state index contributed by atoms with van der Waals surface area (Å²) < 4.78 is 72.3. The van der Waals surface area contributed by atoms with Gasteiger partial charge in [-0.05, 0) is 60.7 Å². The normalized spacial score (nSPS) is 18.7. The lowest BCUT2D eigenvalue weighted by molar-refractivity contribution is 0.211. The zero-order chi connectivity index (χ0) is 28.2. The number of hydrogen-bond acceptors (Lipinski definition) is 5. The van der Waals surface area contributed by atoms with E-state index in [9.17, 15) is 22.3 Å². The van der Waals surface area contributed by atoms with Crippen LogP contribution in [-0.2, 0) is 16.6 Å². The van der Waals surface area contributed by atoms with Gasteiger partial charge >= 0.3 is 10.2 Å². The molecule has 40 heavy (non-hydrogen) atoms. The van der Waals surface area contributed by atoms with Gasteiger partial charge < -0.3 is 15.0 Å². The molecule has 2 aromatic heterocycles. The van der Waals surface area contributed by atoms with Crippen LogP contribution in [0.25, 0.3) is 22.2 Å². The van der Waals surface area contributed by atoms with Crippen LogP contribution in [-0.4, -0.2) is 60.7 Å². The summed E-state index contributed by atoms with van der Waals surface area (Å²) >= 11 is 0. The summed E-state index contributed by atoms with van der Waals surface area (Å²) in [5.74, 6) is -2.31. The highest BCUT2D eigenvalue weighted by molar-refractivity contribution is 7.90. The molecule has 3 N–H and O–H groups in total. The van der Waals surface area contributed by atoms with E-state index in [1.165, 1.54) is 17.4 Å². The standard InChI is InChI=1S/C28H28F3N5O3S/c1-35-9-2-3-17-11-16(4-7-24(17)35)18-12-20-21(14-33-28(20)32-13-18)27(37)25-22(30)5-6-23(26(25)31)34-40(38,39)36-10-8-19(29)15-36/h4-7,11-14,19,27,34,37H,2-3,8-10,15H2,1H3,(H,32,33)/t19-,27?/m1/s1. The van der Waals surface area contributed by atoms with Gasteiger partial charge in [0.25, 0.3) is 0 Å². The molecule has 0 radical (unpaired) electrons. The van der Waals surface area contributed by atoms with E-state index in [4.69, 9.17) is 0 Å². The monoisotopic (exact) mass is 571 g/mol. The Balaban J connectivity index is 1.35. The number of benzene rings is 2. The molecule has 0 spiro atoms. The molecule has 1 saturated heterocycles. The van der Waals surface area contributed by atoms with E-state index >= 15 is 4.39 Å². The first-order chi connectivity index (χ1) is 19.1. The zero-order valence-electron chi connectivity index (χ0n) is 21.7. The van der Waals surface area contributed by atoms with Crippen molar-refractivity contribution in [3.63, 3.8) is 0 Å². The van der Waals surface area contributed by atoms with E-state index in [1.807, 2.05) is 6.07 Å². The molecular formula is C28H28F3N5O3S. The summed E-state index contributed by atoms with van der Waals surface area (Å²) in [4.78, 5) is 9.59. The molecule has 2 aliphatic rings. The van der Waals surface area contributed by atoms with Crippen molar-refractivity contribution in [1.29, 1.82) is 0 Å². The van der Waals surface area contributed by atoms with E-state index in [-0.39, 0.29) is 25.1 Å². The van der Waals surface area contributed by atoms with Gasteiger partial charge in [0.1, 0.15) is 23.7 Å². The van der Waals surface area contributed by atoms with Crippen molar-refractivity contribution in [2.75, 3.05) is 36.3 Å². The quantitative estimate of drug-likeness (QED) is 0.312. The minimum absolute atomic E-state index is 0.0376. The fourth-order valence-electron chi connectivity index (χ4n) is 5.54. The first-order valence-corrected chi connectivity index (χ1v) is 14.5. The fourth-order valence-corrected chi connectivity index (χ4v) is 6.80. The van der Waals surface area contributed by atoms with Crippen LogP contribution in [0, 0.1) is 11.6 Å². The smallest absolute Gasteiger partial charge is 0.301 e. The number of nitrogens with one attached hydrogen (secondary N) is 2. The van der Waals surface area contributed by atoms with Crippen molar-refractivity contribution in [1.82, 2.24) is 14.3 Å². The fraction of sp³-hybridized carbons (Fsp3) is 0.321. The summed E-state index contributed by atoms with van der Waals surface area (Å²) in [7, 11) is -2.22. The number of aryl methyl sites for hydroxylation is 1. The Bertz CT molecular complexity index is 1710. The third kappa shape index (κ3) is 4.69. The Kier molecular flexibility index (Phi) is 6.71. The topological polar surface area (TPSA) is 102 Å². The molecule has 2 atom stereocenters. The zero-order valence-corrected chi connectivity index (χ0v) is 22.5. The summed E-state index contributed by atoms with van der Waals surface area (Å²) in [5.41, 5.74) is 3.44. The molecule has 6 rings (SSSR count). The molecule has 210 valence electrons. The summed E-state index contributed by atoms with van der Waals surface area (Å²) in [6.45, 7) is 0.593. The van der Waals surface area contributed by atoms with Crippen LogP contribution in [0.2, 0.25) is 0 Å². The van der Waals surface area contributed by atoms with Crippen molar-refractivity contribution in [2.45, 2.75) is 31.5 Å². The largest absolute Gasteiger partial charge is 0.383 e. The Morgan fingerprint density at radius 3 is 2.75 bits per heavy atom. The van der Waals surface area contributed by atoms with Crippen molar-refractivity contribution >= 4 is 32.6 Å². The van der Waals surface area contributed by atoms with E-state index in [1.54, 1.807) is 12.3 Å². The van der Waals surface area contributed by atoms with Gasteiger partial charge in [0.2, 0.25) is 0 Å². The maximum Gasteiger partial charge on any atom is 0.301 e. The van der Waals surface area contributed by atoms with Crippen molar-refractivity contribution < 1.29 is 26.7 Å². The number of H-pyrrole nitrogens is 1. The molecule has 1 unspecified atom stereocenters. The Hall–Kier alpha value is -3.61. The van der Waals surface area contributed by atoms with Gasteiger partial charge in [-0.15, -0.1) is 0 Å². The maximum atomic E-state index is 15.6. The molecule has 4 heterocycles. The van der Waals surface area contributed by atoms with E-state index < -0.39 is 45.4 Å². The van der Waals surface area contributed by atoms with Crippen LogP contribution >= 0.6 is 0 Å². The lowest BCUT2D eigenvalue weighted by Crippen LogP contribution is -2.34. The second-order valence-electron chi connectivity index (χ2n) is 10.3. The highest BCUT2D eigenvalue weighted by atomic mass is 32.2. The molecule has 12 heteroatoms. The predicted molar refractivity (Wildman–Crippen MR) is 147 cm³/mol. The third-order valence-electron chi connectivity index (χ3n) is 7.69. The number of aliphatic hydroxyl groups excluding tert-OH is 1. The number of nitrogens with zero attached hydrogens (tertiary/aromatic N) is 3.